The summed E-state index contributed by atoms with van der Waals surface area (Å²) in [5.41, 5.74) is 5.32. The minimum absolute atomic E-state index is 0.433. The van der Waals surface area contributed by atoms with E-state index in [9.17, 15) is 0 Å². The predicted octanol–water partition coefficient (Wildman–Crippen LogP) is 4.92. The second-order valence-corrected chi connectivity index (χ2v) is 6.12. The third kappa shape index (κ3) is 1.43. The van der Waals surface area contributed by atoms with Crippen LogP contribution in [0.4, 0.5) is 0 Å². The molecule has 0 unspecified atom stereocenters. The fourth-order valence-electron chi connectivity index (χ4n) is 4.16. The van der Waals surface area contributed by atoms with Crippen molar-refractivity contribution in [3.05, 3.63) is 41.5 Å². The molecule has 1 saturated carbocycles. The molecule has 1 fully saturated rings. The molecule has 2 aliphatic rings. The summed E-state index contributed by atoms with van der Waals surface area (Å²) in [5, 5.41) is 0. The van der Waals surface area contributed by atoms with Crippen molar-refractivity contribution in [2.24, 2.45) is 17.3 Å². The Morgan fingerprint density at radius 2 is 1.82 bits per heavy atom. The molecule has 0 aromatic heterocycles. The van der Waals surface area contributed by atoms with Crippen molar-refractivity contribution < 1.29 is 0 Å². The Bertz CT molecular complexity index is 450. The lowest BCUT2D eigenvalue weighted by Gasteiger charge is -2.41. The zero-order valence-electron chi connectivity index (χ0n) is 11.2. The standard InChI is InChI=1S/C17H22/c1-4-14-16(12-8-6-5-7-9-12)13-10-11-15(13)17(14,2)3/h5-9,13,15H,4,10-11H2,1-3H3/t13-,15-/m0/s1. The first kappa shape index (κ1) is 11.1. The van der Waals surface area contributed by atoms with E-state index in [0.717, 1.165) is 11.8 Å². The molecule has 1 aromatic carbocycles. The minimum atomic E-state index is 0.433. The molecule has 3 rings (SSSR count). The molecular formula is C17H22. The van der Waals surface area contributed by atoms with Crippen LogP contribution in [0, 0.1) is 17.3 Å². The van der Waals surface area contributed by atoms with Gasteiger partial charge < -0.3 is 0 Å². The molecular weight excluding hydrogens is 204 g/mol. The maximum atomic E-state index is 2.46. The Morgan fingerprint density at radius 3 is 2.35 bits per heavy atom. The number of allylic oxidation sites excluding steroid dienone is 2. The van der Waals surface area contributed by atoms with Crippen molar-refractivity contribution in [2.45, 2.75) is 40.0 Å². The fourth-order valence-corrected chi connectivity index (χ4v) is 4.16. The van der Waals surface area contributed by atoms with Gasteiger partial charge in [-0.15, -0.1) is 0 Å². The van der Waals surface area contributed by atoms with E-state index in [4.69, 9.17) is 0 Å². The molecule has 17 heavy (non-hydrogen) atoms. The van der Waals surface area contributed by atoms with Gasteiger partial charge in [0.15, 0.2) is 0 Å². The van der Waals surface area contributed by atoms with Crippen LogP contribution in [-0.4, -0.2) is 0 Å². The summed E-state index contributed by atoms with van der Waals surface area (Å²) in [6.45, 7) is 7.24. The van der Waals surface area contributed by atoms with E-state index in [0.29, 0.717) is 5.41 Å². The Balaban J connectivity index is 2.13. The summed E-state index contributed by atoms with van der Waals surface area (Å²) in [5.74, 6) is 1.76. The van der Waals surface area contributed by atoms with E-state index in [1.165, 1.54) is 24.8 Å². The molecule has 0 amide bonds. The van der Waals surface area contributed by atoms with Gasteiger partial charge in [-0.25, -0.2) is 0 Å². The number of hydrogen-bond acceptors (Lipinski definition) is 0. The first-order chi connectivity index (χ1) is 8.16. The molecule has 0 N–H and O–H groups in total. The third-order valence-electron chi connectivity index (χ3n) is 5.11. The SMILES string of the molecule is CCC1=C(c2ccccc2)[C@H]2CC[C@@H]2C1(C)C. The fraction of sp³-hybridized carbons (Fsp3) is 0.529. The topological polar surface area (TPSA) is 0 Å². The van der Waals surface area contributed by atoms with Crippen molar-refractivity contribution in [2.75, 3.05) is 0 Å². The second-order valence-electron chi connectivity index (χ2n) is 6.12. The van der Waals surface area contributed by atoms with Gasteiger partial charge in [0, 0.05) is 0 Å². The van der Waals surface area contributed by atoms with Crippen LogP contribution in [0.25, 0.3) is 5.57 Å². The number of fused-ring (bicyclic) bond motifs is 1. The molecule has 2 atom stereocenters. The van der Waals surface area contributed by atoms with Crippen LogP contribution in [0.15, 0.2) is 35.9 Å². The van der Waals surface area contributed by atoms with Crippen molar-refractivity contribution in [3.63, 3.8) is 0 Å². The monoisotopic (exact) mass is 226 g/mol. The Morgan fingerprint density at radius 1 is 1.12 bits per heavy atom. The van der Waals surface area contributed by atoms with Crippen LogP contribution in [0.3, 0.4) is 0 Å². The quantitative estimate of drug-likeness (QED) is 0.671. The Hall–Kier alpha value is -1.04. The maximum absolute atomic E-state index is 2.46. The molecule has 0 saturated heterocycles. The average molecular weight is 226 g/mol. The molecule has 0 spiro atoms. The molecule has 0 radical (unpaired) electrons. The lowest BCUT2D eigenvalue weighted by Crippen LogP contribution is -2.32. The Labute approximate surface area is 105 Å². The predicted molar refractivity (Wildman–Crippen MR) is 73.6 cm³/mol. The molecule has 0 heterocycles. The van der Waals surface area contributed by atoms with Crippen LogP contribution in [-0.2, 0) is 0 Å². The van der Waals surface area contributed by atoms with E-state index in [1.54, 1.807) is 11.1 Å². The van der Waals surface area contributed by atoms with Crippen LogP contribution in [0.2, 0.25) is 0 Å². The van der Waals surface area contributed by atoms with Crippen molar-refractivity contribution >= 4 is 5.57 Å². The molecule has 0 bridgehead atoms. The van der Waals surface area contributed by atoms with Gasteiger partial charge in [0.05, 0.1) is 0 Å². The maximum Gasteiger partial charge on any atom is -0.0105 e. The normalized spacial score (nSPS) is 30.1. The lowest BCUT2D eigenvalue weighted by molar-refractivity contribution is 0.130. The smallest absolute Gasteiger partial charge is 0.0105 e. The highest BCUT2D eigenvalue weighted by atomic mass is 14.6. The number of benzene rings is 1. The summed E-state index contributed by atoms with van der Waals surface area (Å²) < 4.78 is 0. The minimum Gasteiger partial charge on any atom is -0.0622 e. The van der Waals surface area contributed by atoms with Crippen LogP contribution in [0.5, 0.6) is 0 Å². The molecule has 2 aliphatic carbocycles. The van der Waals surface area contributed by atoms with Gasteiger partial charge >= 0.3 is 0 Å². The average Bonchev–Trinajstić information content (AvgIpc) is 2.41. The lowest BCUT2D eigenvalue weighted by atomic mass is 9.63. The van der Waals surface area contributed by atoms with Crippen LogP contribution < -0.4 is 0 Å². The van der Waals surface area contributed by atoms with E-state index in [1.807, 2.05) is 0 Å². The van der Waals surface area contributed by atoms with Crippen LogP contribution in [0.1, 0.15) is 45.6 Å². The van der Waals surface area contributed by atoms with Gasteiger partial charge in [-0.2, -0.15) is 0 Å². The highest BCUT2D eigenvalue weighted by molar-refractivity contribution is 5.75. The van der Waals surface area contributed by atoms with Crippen molar-refractivity contribution in [1.29, 1.82) is 0 Å². The van der Waals surface area contributed by atoms with Gasteiger partial charge in [-0.3, -0.25) is 0 Å². The van der Waals surface area contributed by atoms with Gasteiger partial charge in [0.25, 0.3) is 0 Å². The largest absolute Gasteiger partial charge is 0.0622 e. The summed E-state index contributed by atoms with van der Waals surface area (Å²) in [4.78, 5) is 0. The van der Waals surface area contributed by atoms with Gasteiger partial charge in [-0.1, -0.05) is 56.7 Å². The zero-order chi connectivity index (χ0) is 12.0. The van der Waals surface area contributed by atoms with Crippen LogP contribution >= 0.6 is 0 Å². The number of hydrogen-bond donors (Lipinski definition) is 0. The summed E-state index contributed by atoms with van der Waals surface area (Å²) in [6, 6.07) is 11.1. The summed E-state index contributed by atoms with van der Waals surface area (Å²) in [6.07, 6.45) is 4.05. The van der Waals surface area contributed by atoms with Gasteiger partial charge in [-0.05, 0) is 47.6 Å². The first-order valence-electron chi connectivity index (χ1n) is 6.95. The first-order valence-corrected chi connectivity index (χ1v) is 6.95. The third-order valence-corrected chi connectivity index (χ3v) is 5.11. The molecule has 1 aromatic rings. The van der Waals surface area contributed by atoms with Crippen molar-refractivity contribution in [1.82, 2.24) is 0 Å². The van der Waals surface area contributed by atoms with E-state index >= 15 is 0 Å². The Kier molecular flexibility index (Phi) is 2.43. The van der Waals surface area contributed by atoms with Gasteiger partial charge in [0.2, 0.25) is 0 Å². The molecule has 90 valence electrons. The molecule has 0 nitrogen and oxygen atoms in total. The number of rotatable bonds is 2. The molecule has 0 aliphatic heterocycles. The highest BCUT2D eigenvalue weighted by Gasteiger charge is 2.51. The summed E-state index contributed by atoms with van der Waals surface area (Å²) in [7, 11) is 0. The highest BCUT2D eigenvalue weighted by Crippen LogP contribution is 2.63. The van der Waals surface area contributed by atoms with E-state index in [2.05, 4.69) is 51.1 Å². The zero-order valence-corrected chi connectivity index (χ0v) is 11.2. The van der Waals surface area contributed by atoms with Crippen molar-refractivity contribution in [3.8, 4) is 0 Å². The molecule has 0 heteroatoms. The van der Waals surface area contributed by atoms with Gasteiger partial charge in [0.1, 0.15) is 0 Å². The van der Waals surface area contributed by atoms with E-state index in [-0.39, 0.29) is 0 Å². The summed E-state index contributed by atoms with van der Waals surface area (Å²) >= 11 is 0. The van der Waals surface area contributed by atoms with E-state index < -0.39 is 0 Å². The second kappa shape index (κ2) is 3.73.